The molecule has 9 heteroatoms. The highest BCUT2D eigenvalue weighted by Gasteiger charge is 2.24. The van der Waals surface area contributed by atoms with Gasteiger partial charge in [0.15, 0.2) is 0 Å². The van der Waals surface area contributed by atoms with Crippen LogP contribution in [0.1, 0.15) is 18.5 Å². The van der Waals surface area contributed by atoms with Crippen molar-refractivity contribution in [3.05, 3.63) is 40.3 Å². The third kappa shape index (κ3) is 3.74. The first-order valence-corrected chi connectivity index (χ1v) is 7.69. The summed E-state index contributed by atoms with van der Waals surface area (Å²) in [5.74, 6) is 0.755. The van der Waals surface area contributed by atoms with E-state index < -0.39 is 4.92 Å². The minimum atomic E-state index is -0.504. The maximum absolute atomic E-state index is 11.5. The van der Waals surface area contributed by atoms with Gasteiger partial charge in [0.2, 0.25) is 11.6 Å². The van der Waals surface area contributed by atoms with Gasteiger partial charge in [-0.2, -0.15) is 0 Å². The van der Waals surface area contributed by atoms with Gasteiger partial charge >= 0.3 is 5.69 Å². The van der Waals surface area contributed by atoms with Gasteiger partial charge in [-0.15, -0.1) is 0 Å². The molecule has 0 saturated carbocycles. The Labute approximate surface area is 138 Å². The van der Waals surface area contributed by atoms with E-state index in [4.69, 9.17) is 4.74 Å². The first kappa shape index (κ1) is 16.1. The van der Waals surface area contributed by atoms with E-state index >= 15 is 0 Å². The van der Waals surface area contributed by atoms with Crippen LogP contribution in [-0.4, -0.2) is 39.1 Å². The second-order valence-corrected chi connectivity index (χ2v) is 5.48. The van der Waals surface area contributed by atoms with Crippen molar-refractivity contribution in [1.29, 1.82) is 0 Å². The third-order valence-electron chi connectivity index (χ3n) is 3.66. The molecule has 1 unspecified atom stereocenters. The Morgan fingerprint density at radius 3 is 2.92 bits per heavy atom. The zero-order valence-corrected chi connectivity index (χ0v) is 13.2. The first-order valence-electron chi connectivity index (χ1n) is 7.69. The number of nitrogens with zero attached hydrogens (tertiary/aromatic N) is 4. The van der Waals surface area contributed by atoms with Crippen molar-refractivity contribution in [3.8, 4) is 0 Å². The molecule has 24 heavy (non-hydrogen) atoms. The van der Waals surface area contributed by atoms with Crippen LogP contribution in [0.4, 0.5) is 23.1 Å². The van der Waals surface area contributed by atoms with E-state index in [0.717, 1.165) is 25.1 Å². The molecule has 0 spiro atoms. The van der Waals surface area contributed by atoms with Crippen molar-refractivity contribution in [2.45, 2.75) is 25.9 Å². The van der Waals surface area contributed by atoms with Gasteiger partial charge in [-0.1, -0.05) is 6.07 Å². The van der Waals surface area contributed by atoms with Crippen molar-refractivity contribution in [1.82, 2.24) is 15.0 Å². The Morgan fingerprint density at radius 1 is 1.38 bits per heavy atom. The lowest BCUT2D eigenvalue weighted by Gasteiger charge is -2.12. The predicted molar refractivity (Wildman–Crippen MR) is 88.4 cm³/mol. The molecule has 3 heterocycles. The number of rotatable bonds is 6. The summed E-state index contributed by atoms with van der Waals surface area (Å²) in [4.78, 5) is 23.2. The zero-order chi connectivity index (χ0) is 16.9. The normalized spacial score (nSPS) is 16.8. The van der Waals surface area contributed by atoms with E-state index in [0.29, 0.717) is 12.4 Å². The topological polar surface area (TPSA) is 115 Å². The molecule has 2 aromatic rings. The van der Waals surface area contributed by atoms with E-state index in [-0.39, 0.29) is 23.4 Å². The number of anilines is 3. The average molecular weight is 330 g/mol. The van der Waals surface area contributed by atoms with Crippen molar-refractivity contribution >= 4 is 23.1 Å². The Kier molecular flexibility index (Phi) is 4.80. The number of ether oxygens (including phenoxy) is 1. The lowest BCUT2D eigenvalue weighted by atomic mass is 10.2. The van der Waals surface area contributed by atoms with Crippen LogP contribution in [0.15, 0.2) is 24.5 Å². The van der Waals surface area contributed by atoms with Crippen molar-refractivity contribution in [2.24, 2.45) is 0 Å². The van der Waals surface area contributed by atoms with Crippen molar-refractivity contribution < 1.29 is 9.66 Å². The van der Waals surface area contributed by atoms with E-state index in [9.17, 15) is 10.1 Å². The van der Waals surface area contributed by atoms with Crippen LogP contribution in [0, 0.1) is 17.0 Å². The van der Waals surface area contributed by atoms with Crippen LogP contribution in [0.2, 0.25) is 0 Å². The second-order valence-electron chi connectivity index (χ2n) is 5.48. The summed E-state index contributed by atoms with van der Waals surface area (Å²) >= 11 is 0. The summed E-state index contributed by atoms with van der Waals surface area (Å²) in [6, 6.07) is 5.38. The summed E-state index contributed by atoms with van der Waals surface area (Å²) in [6.07, 6.45) is 3.27. The molecule has 1 aliphatic heterocycles. The predicted octanol–water partition coefficient (Wildman–Crippen LogP) is 2.42. The lowest BCUT2D eigenvalue weighted by molar-refractivity contribution is -0.383. The number of hydrogen-bond donors (Lipinski definition) is 2. The van der Waals surface area contributed by atoms with Gasteiger partial charge in [0.05, 0.1) is 11.0 Å². The molecule has 1 aliphatic rings. The SMILES string of the molecule is Cc1cccc(Nc2ncnc(NCC3CCCO3)c2[N+](=O)[O-])n1. The number of aryl methyl sites for hydroxylation is 1. The van der Waals surface area contributed by atoms with E-state index in [2.05, 4.69) is 25.6 Å². The van der Waals surface area contributed by atoms with E-state index in [1.165, 1.54) is 6.33 Å². The zero-order valence-electron chi connectivity index (χ0n) is 13.2. The molecule has 1 fully saturated rings. The number of hydrogen-bond acceptors (Lipinski definition) is 8. The Hall–Kier alpha value is -2.81. The Morgan fingerprint density at radius 2 is 2.21 bits per heavy atom. The summed E-state index contributed by atoms with van der Waals surface area (Å²) < 4.78 is 5.51. The highest BCUT2D eigenvalue weighted by Crippen LogP contribution is 2.31. The summed E-state index contributed by atoms with van der Waals surface area (Å²) in [5, 5.41) is 17.4. The molecule has 126 valence electrons. The molecule has 2 N–H and O–H groups in total. The fourth-order valence-corrected chi connectivity index (χ4v) is 2.52. The van der Waals surface area contributed by atoms with Crippen LogP contribution < -0.4 is 10.6 Å². The molecule has 2 aromatic heterocycles. The molecule has 0 aromatic carbocycles. The van der Waals surface area contributed by atoms with Crippen molar-refractivity contribution in [3.63, 3.8) is 0 Å². The second kappa shape index (κ2) is 7.18. The molecule has 1 atom stereocenters. The van der Waals surface area contributed by atoms with Crippen LogP contribution in [0.3, 0.4) is 0 Å². The standard InChI is InChI=1S/C15H18N6O3/c1-10-4-2-6-12(19-10)20-15-13(21(22)23)14(17-9-18-15)16-8-11-5-3-7-24-11/h2,4,6,9,11H,3,5,7-8H2,1H3,(H2,16,17,18,19,20). The van der Waals surface area contributed by atoms with Gasteiger partial charge in [-0.05, 0) is 31.9 Å². The summed E-state index contributed by atoms with van der Waals surface area (Å²) in [7, 11) is 0. The quantitative estimate of drug-likeness (QED) is 0.613. The minimum Gasteiger partial charge on any atom is -0.376 e. The maximum Gasteiger partial charge on any atom is 0.353 e. The van der Waals surface area contributed by atoms with Crippen LogP contribution in [-0.2, 0) is 4.74 Å². The van der Waals surface area contributed by atoms with Gasteiger partial charge in [-0.3, -0.25) is 10.1 Å². The van der Waals surface area contributed by atoms with E-state index in [1.807, 2.05) is 19.1 Å². The molecule has 9 nitrogen and oxygen atoms in total. The molecule has 3 rings (SSSR count). The molecular formula is C15H18N6O3. The fraction of sp³-hybridized carbons (Fsp3) is 0.400. The molecule has 0 radical (unpaired) electrons. The summed E-state index contributed by atoms with van der Waals surface area (Å²) in [6.45, 7) is 3.04. The molecule has 0 amide bonds. The van der Waals surface area contributed by atoms with Gasteiger partial charge in [-0.25, -0.2) is 15.0 Å². The van der Waals surface area contributed by atoms with Gasteiger partial charge in [0.1, 0.15) is 12.1 Å². The lowest BCUT2D eigenvalue weighted by Crippen LogP contribution is -2.20. The largest absolute Gasteiger partial charge is 0.376 e. The van der Waals surface area contributed by atoms with Crippen molar-refractivity contribution in [2.75, 3.05) is 23.8 Å². The first-order chi connectivity index (χ1) is 11.6. The number of nitro groups is 1. The highest BCUT2D eigenvalue weighted by molar-refractivity contribution is 5.72. The minimum absolute atomic E-state index is 0.0504. The van der Waals surface area contributed by atoms with E-state index in [1.54, 1.807) is 6.07 Å². The average Bonchev–Trinajstić information content (AvgIpc) is 3.06. The number of nitrogens with one attached hydrogen (secondary N) is 2. The van der Waals surface area contributed by atoms with Crippen LogP contribution >= 0.6 is 0 Å². The van der Waals surface area contributed by atoms with Crippen LogP contribution in [0.25, 0.3) is 0 Å². The van der Waals surface area contributed by atoms with Crippen LogP contribution in [0.5, 0.6) is 0 Å². The maximum atomic E-state index is 11.5. The van der Waals surface area contributed by atoms with Gasteiger partial charge < -0.3 is 15.4 Å². The summed E-state index contributed by atoms with van der Waals surface area (Å²) in [5.41, 5.74) is 0.590. The smallest absolute Gasteiger partial charge is 0.353 e. The van der Waals surface area contributed by atoms with Gasteiger partial charge in [0, 0.05) is 18.8 Å². The number of pyridine rings is 1. The molecule has 0 aliphatic carbocycles. The molecular weight excluding hydrogens is 312 g/mol. The highest BCUT2D eigenvalue weighted by atomic mass is 16.6. The molecule has 0 bridgehead atoms. The monoisotopic (exact) mass is 330 g/mol. The Bertz CT molecular complexity index is 733. The third-order valence-corrected chi connectivity index (χ3v) is 3.66. The fourth-order valence-electron chi connectivity index (χ4n) is 2.52. The Balaban J connectivity index is 1.82. The van der Waals surface area contributed by atoms with Gasteiger partial charge in [0.25, 0.3) is 0 Å². The number of aromatic nitrogens is 3. The molecule has 1 saturated heterocycles.